The number of benzene rings is 1. The molecule has 0 bridgehead atoms. The molecule has 22 heavy (non-hydrogen) atoms. The Bertz CT molecular complexity index is 577. The van der Waals surface area contributed by atoms with Gasteiger partial charge in [0, 0.05) is 24.2 Å². The molecule has 0 radical (unpaired) electrons. The van der Waals surface area contributed by atoms with Crippen LogP contribution in [0.2, 0.25) is 0 Å². The Hall–Kier alpha value is -1.44. The van der Waals surface area contributed by atoms with Crippen molar-refractivity contribution < 1.29 is 9.59 Å². The molecular formula is C20H26O2. The molecule has 1 aromatic rings. The van der Waals surface area contributed by atoms with Gasteiger partial charge in [-0.3, -0.25) is 9.59 Å². The molecule has 0 spiro atoms. The first kappa shape index (κ1) is 15.5. The van der Waals surface area contributed by atoms with E-state index in [4.69, 9.17) is 0 Å². The molecule has 0 unspecified atom stereocenters. The zero-order valence-electron chi connectivity index (χ0n) is 13.8. The van der Waals surface area contributed by atoms with Crippen molar-refractivity contribution in [2.24, 2.45) is 29.1 Å². The molecule has 0 N–H and O–H groups in total. The first-order chi connectivity index (χ1) is 10.4. The van der Waals surface area contributed by atoms with Crippen LogP contribution >= 0.6 is 0 Å². The highest BCUT2D eigenvalue weighted by Crippen LogP contribution is 2.54. The van der Waals surface area contributed by atoms with E-state index in [2.05, 4.69) is 32.9 Å². The van der Waals surface area contributed by atoms with Crippen molar-refractivity contribution in [3.8, 4) is 0 Å². The summed E-state index contributed by atoms with van der Waals surface area (Å²) in [5.41, 5.74) is 1.07. The summed E-state index contributed by atoms with van der Waals surface area (Å²) in [7, 11) is 0. The molecule has 1 aromatic carbocycles. The monoisotopic (exact) mass is 298 g/mol. The molecule has 5 atom stereocenters. The molecule has 0 aromatic heterocycles. The van der Waals surface area contributed by atoms with Gasteiger partial charge in [0.15, 0.2) is 0 Å². The maximum absolute atomic E-state index is 13.0. The maximum Gasteiger partial charge on any atom is 0.139 e. The molecule has 118 valence electrons. The fourth-order valence-corrected chi connectivity index (χ4v) is 4.99. The number of fused-ring (bicyclic) bond motifs is 1. The SMILES string of the molecule is C[C@@H]1[C@H](Cc2ccccc2)C(=O)[C@H](C)[C@@]2(C)CCCC(=O)[C@H]12. The number of Topliss-reactive ketones (excluding diaryl/α,β-unsaturated/α-hetero) is 2. The molecule has 2 heteroatoms. The van der Waals surface area contributed by atoms with Gasteiger partial charge in [-0.25, -0.2) is 0 Å². The fraction of sp³-hybridized carbons (Fsp3) is 0.600. The predicted molar refractivity (Wildman–Crippen MR) is 87.4 cm³/mol. The van der Waals surface area contributed by atoms with Crippen molar-refractivity contribution >= 4 is 11.6 Å². The number of ketones is 2. The zero-order valence-corrected chi connectivity index (χ0v) is 13.8. The van der Waals surface area contributed by atoms with Gasteiger partial charge < -0.3 is 0 Å². The highest BCUT2D eigenvalue weighted by Gasteiger charge is 2.56. The molecular weight excluding hydrogens is 272 g/mol. The van der Waals surface area contributed by atoms with Crippen molar-refractivity contribution in [2.45, 2.75) is 46.5 Å². The highest BCUT2D eigenvalue weighted by molar-refractivity contribution is 5.91. The predicted octanol–water partition coefficient (Wildman–Crippen LogP) is 4.08. The van der Waals surface area contributed by atoms with Gasteiger partial charge in [0.1, 0.15) is 11.6 Å². The molecule has 0 heterocycles. The molecule has 3 rings (SSSR count). The summed E-state index contributed by atoms with van der Waals surface area (Å²) in [4.78, 5) is 25.6. The number of hydrogen-bond acceptors (Lipinski definition) is 2. The summed E-state index contributed by atoms with van der Waals surface area (Å²) < 4.78 is 0. The van der Waals surface area contributed by atoms with Gasteiger partial charge in [-0.05, 0) is 36.2 Å². The minimum atomic E-state index is -0.126. The van der Waals surface area contributed by atoms with Gasteiger partial charge in [-0.15, -0.1) is 0 Å². The average molecular weight is 298 g/mol. The summed E-state index contributed by atoms with van der Waals surface area (Å²) >= 11 is 0. The number of hydrogen-bond donors (Lipinski definition) is 0. The Labute approximate surface area is 133 Å². The van der Waals surface area contributed by atoms with Crippen LogP contribution in [0.1, 0.15) is 45.6 Å². The van der Waals surface area contributed by atoms with Gasteiger partial charge in [-0.2, -0.15) is 0 Å². The van der Waals surface area contributed by atoms with Crippen molar-refractivity contribution in [1.82, 2.24) is 0 Å². The fourth-order valence-electron chi connectivity index (χ4n) is 4.99. The van der Waals surface area contributed by atoms with Gasteiger partial charge in [0.2, 0.25) is 0 Å². The molecule has 0 saturated heterocycles. The lowest BCUT2D eigenvalue weighted by molar-refractivity contribution is -0.155. The van der Waals surface area contributed by atoms with Crippen molar-refractivity contribution in [3.63, 3.8) is 0 Å². The van der Waals surface area contributed by atoms with E-state index >= 15 is 0 Å². The number of rotatable bonds is 2. The Morgan fingerprint density at radius 2 is 1.82 bits per heavy atom. The van der Waals surface area contributed by atoms with Crippen LogP contribution in [0.15, 0.2) is 30.3 Å². The largest absolute Gasteiger partial charge is 0.299 e. The van der Waals surface area contributed by atoms with E-state index in [9.17, 15) is 9.59 Å². The Balaban J connectivity index is 1.92. The van der Waals surface area contributed by atoms with Gasteiger partial charge in [0.25, 0.3) is 0 Å². The highest BCUT2D eigenvalue weighted by atomic mass is 16.1. The lowest BCUT2D eigenvalue weighted by Crippen LogP contribution is -2.56. The van der Waals surface area contributed by atoms with E-state index in [1.54, 1.807) is 0 Å². The molecule has 0 aliphatic heterocycles. The zero-order chi connectivity index (χ0) is 15.9. The second kappa shape index (κ2) is 5.64. The van der Waals surface area contributed by atoms with E-state index in [0.717, 1.165) is 19.3 Å². The van der Waals surface area contributed by atoms with Gasteiger partial charge >= 0.3 is 0 Å². The van der Waals surface area contributed by atoms with Crippen LogP contribution in [0.5, 0.6) is 0 Å². The van der Waals surface area contributed by atoms with Crippen LogP contribution in [-0.2, 0) is 16.0 Å². The second-order valence-electron chi connectivity index (χ2n) is 7.58. The first-order valence-corrected chi connectivity index (χ1v) is 8.55. The standard InChI is InChI=1S/C20H26O2/c1-13-16(12-15-8-5-4-6-9-15)19(22)14(2)20(3)11-7-10-17(21)18(13)20/h4-6,8-9,13-14,16,18H,7,10-12H2,1-3H3/t13-,14+,16+,18+,20-/m1/s1. The molecule has 2 aliphatic rings. The summed E-state index contributed by atoms with van der Waals surface area (Å²) in [6.07, 6.45) is 3.42. The van der Waals surface area contributed by atoms with Gasteiger partial charge in [0.05, 0.1) is 0 Å². The Morgan fingerprint density at radius 1 is 1.14 bits per heavy atom. The van der Waals surface area contributed by atoms with Gasteiger partial charge in [-0.1, -0.05) is 51.1 Å². The third-order valence-corrected chi connectivity index (χ3v) is 6.44. The third-order valence-electron chi connectivity index (χ3n) is 6.44. The van der Waals surface area contributed by atoms with Crippen LogP contribution in [-0.4, -0.2) is 11.6 Å². The van der Waals surface area contributed by atoms with E-state index < -0.39 is 0 Å². The van der Waals surface area contributed by atoms with Crippen molar-refractivity contribution in [3.05, 3.63) is 35.9 Å². The molecule has 2 fully saturated rings. The summed E-state index contributed by atoms with van der Waals surface area (Å²) in [5.74, 6) is 0.942. The van der Waals surface area contributed by atoms with Crippen LogP contribution in [0.4, 0.5) is 0 Å². The summed E-state index contributed by atoms with van der Waals surface area (Å²) in [6, 6.07) is 10.2. The summed E-state index contributed by atoms with van der Waals surface area (Å²) in [5, 5.41) is 0. The van der Waals surface area contributed by atoms with E-state index in [1.807, 2.05) is 18.2 Å². The quantitative estimate of drug-likeness (QED) is 0.824. The normalized spacial score (nSPS) is 38.7. The van der Waals surface area contributed by atoms with Crippen molar-refractivity contribution in [2.75, 3.05) is 0 Å². The van der Waals surface area contributed by atoms with Crippen molar-refractivity contribution in [1.29, 1.82) is 0 Å². The smallest absolute Gasteiger partial charge is 0.139 e. The number of carbonyl (C=O) groups excluding carboxylic acids is 2. The van der Waals surface area contributed by atoms with E-state index in [-0.39, 0.29) is 29.1 Å². The number of carbonyl (C=O) groups is 2. The van der Waals surface area contributed by atoms with Crippen LogP contribution in [0.25, 0.3) is 0 Å². The van der Waals surface area contributed by atoms with Crippen LogP contribution in [0.3, 0.4) is 0 Å². The van der Waals surface area contributed by atoms with E-state index in [0.29, 0.717) is 18.0 Å². The topological polar surface area (TPSA) is 34.1 Å². The third kappa shape index (κ3) is 2.33. The second-order valence-corrected chi connectivity index (χ2v) is 7.58. The average Bonchev–Trinajstić information content (AvgIpc) is 2.50. The Kier molecular flexibility index (Phi) is 3.96. The molecule has 2 aliphatic carbocycles. The molecule has 0 amide bonds. The Morgan fingerprint density at radius 3 is 2.50 bits per heavy atom. The molecule has 2 nitrogen and oxygen atoms in total. The van der Waals surface area contributed by atoms with Crippen LogP contribution in [0, 0.1) is 29.1 Å². The molecule has 2 saturated carbocycles. The van der Waals surface area contributed by atoms with Crippen LogP contribution < -0.4 is 0 Å². The minimum Gasteiger partial charge on any atom is -0.299 e. The first-order valence-electron chi connectivity index (χ1n) is 8.55. The lowest BCUT2D eigenvalue weighted by atomic mass is 9.49. The summed E-state index contributed by atoms with van der Waals surface area (Å²) in [6.45, 7) is 6.36. The van der Waals surface area contributed by atoms with E-state index in [1.165, 1.54) is 5.56 Å². The minimum absolute atomic E-state index is 0.00772. The lowest BCUT2D eigenvalue weighted by Gasteiger charge is -2.53. The maximum atomic E-state index is 13.0.